The van der Waals surface area contributed by atoms with Gasteiger partial charge in [-0.25, -0.2) is 0 Å². The van der Waals surface area contributed by atoms with Crippen LogP contribution in [0.3, 0.4) is 0 Å². The Kier molecular flexibility index (Phi) is 3.86. The van der Waals surface area contributed by atoms with Gasteiger partial charge in [0, 0.05) is 6.04 Å². The fourth-order valence-electron chi connectivity index (χ4n) is 1.84. The van der Waals surface area contributed by atoms with Crippen LogP contribution in [-0.2, 0) is 4.79 Å². The van der Waals surface area contributed by atoms with Gasteiger partial charge in [-0.1, -0.05) is 26.1 Å². The van der Waals surface area contributed by atoms with E-state index in [4.69, 9.17) is 18.0 Å². The van der Waals surface area contributed by atoms with E-state index in [9.17, 15) is 4.79 Å². The van der Waals surface area contributed by atoms with Crippen LogP contribution in [0, 0.1) is 11.8 Å². The van der Waals surface area contributed by atoms with Gasteiger partial charge in [-0.15, -0.1) is 0 Å². The minimum absolute atomic E-state index is 0.00287. The normalized spacial score (nSPS) is 27.6. The van der Waals surface area contributed by atoms with Gasteiger partial charge in [0.05, 0.1) is 10.9 Å². The molecule has 1 rings (SSSR count). The maximum atomic E-state index is 11.6. The molecule has 0 aromatic heterocycles. The number of amides is 1. The summed E-state index contributed by atoms with van der Waals surface area (Å²) in [5.74, 6) is 0.447. The molecule has 0 aromatic carbocycles. The van der Waals surface area contributed by atoms with E-state index in [1.165, 1.54) is 0 Å². The number of rotatable bonds is 4. The monoisotopic (exact) mass is 214 g/mol. The van der Waals surface area contributed by atoms with Crippen LogP contribution in [0.25, 0.3) is 0 Å². The molecule has 1 amide bonds. The van der Waals surface area contributed by atoms with Gasteiger partial charge in [0.1, 0.15) is 0 Å². The number of hydrogen-bond donors (Lipinski definition) is 2. The second kappa shape index (κ2) is 4.73. The third-order valence-corrected chi connectivity index (χ3v) is 3.07. The average molecular weight is 214 g/mol. The van der Waals surface area contributed by atoms with E-state index >= 15 is 0 Å². The Morgan fingerprint density at radius 3 is 2.57 bits per heavy atom. The summed E-state index contributed by atoms with van der Waals surface area (Å²) in [5.41, 5.74) is 5.48. The van der Waals surface area contributed by atoms with E-state index < -0.39 is 0 Å². The lowest BCUT2D eigenvalue weighted by Crippen LogP contribution is -2.47. The molecule has 1 fully saturated rings. The lowest BCUT2D eigenvalue weighted by Gasteiger charge is -2.34. The highest BCUT2D eigenvalue weighted by Crippen LogP contribution is 2.26. The van der Waals surface area contributed by atoms with Crippen molar-refractivity contribution in [2.45, 2.75) is 39.2 Å². The summed E-state index contributed by atoms with van der Waals surface area (Å²) in [6.07, 6.45) is 2.85. The first-order valence-corrected chi connectivity index (χ1v) is 5.55. The first-order valence-electron chi connectivity index (χ1n) is 5.14. The Morgan fingerprint density at radius 1 is 1.64 bits per heavy atom. The molecule has 1 aliphatic rings. The second-order valence-electron chi connectivity index (χ2n) is 4.15. The molecule has 0 bridgehead atoms. The Bertz CT molecular complexity index is 236. The van der Waals surface area contributed by atoms with Crippen molar-refractivity contribution >= 4 is 23.1 Å². The molecule has 0 spiro atoms. The quantitative estimate of drug-likeness (QED) is 0.692. The zero-order valence-electron chi connectivity index (χ0n) is 8.75. The molecule has 3 nitrogen and oxygen atoms in total. The van der Waals surface area contributed by atoms with Crippen LogP contribution < -0.4 is 11.1 Å². The molecule has 0 aromatic rings. The molecule has 1 unspecified atom stereocenters. The van der Waals surface area contributed by atoms with Crippen molar-refractivity contribution in [1.82, 2.24) is 5.32 Å². The summed E-state index contributed by atoms with van der Waals surface area (Å²) < 4.78 is 0. The molecular formula is C10H18N2OS. The van der Waals surface area contributed by atoms with Crippen molar-refractivity contribution in [2.24, 2.45) is 17.6 Å². The summed E-state index contributed by atoms with van der Waals surface area (Å²) in [5, 5.41) is 2.97. The van der Waals surface area contributed by atoms with E-state index in [0.29, 0.717) is 17.5 Å². The van der Waals surface area contributed by atoms with Gasteiger partial charge < -0.3 is 11.1 Å². The highest BCUT2D eigenvalue weighted by molar-refractivity contribution is 7.80. The summed E-state index contributed by atoms with van der Waals surface area (Å²) in [4.78, 5) is 12.0. The molecule has 4 heteroatoms. The van der Waals surface area contributed by atoms with Crippen LogP contribution in [0.4, 0.5) is 0 Å². The number of hydrogen-bond acceptors (Lipinski definition) is 2. The van der Waals surface area contributed by atoms with Gasteiger partial charge in [0.25, 0.3) is 0 Å². The zero-order valence-corrected chi connectivity index (χ0v) is 9.56. The number of carbonyl (C=O) groups is 1. The van der Waals surface area contributed by atoms with E-state index in [2.05, 4.69) is 12.2 Å². The summed E-state index contributed by atoms with van der Waals surface area (Å²) >= 11 is 4.84. The molecule has 3 N–H and O–H groups in total. The second-order valence-corrected chi connectivity index (χ2v) is 4.62. The van der Waals surface area contributed by atoms with Crippen LogP contribution >= 0.6 is 12.2 Å². The topological polar surface area (TPSA) is 55.1 Å². The van der Waals surface area contributed by atoms with Crippen LogP contribution in [0.15, 0.2) is 0 Å². The SMILES string of the molecule is CCC(C(=O)NC1CC(C)C1)C(N)=S. The van der Waals surface area contributed by atoms with Gasteiger partial charge in [0.15, 0.2) is 0 Å². The average Bonchev–Trinajstić information content (AvgIpc) is 2.01. The Balaban J connectivity index is 2.36. The van der Waals surface area contributed by atoms with Crippen LogP contribution in [0.5, 0.6) is 0 Å². The Hall–Kier alpha value is -0.640. The zero-order chi connectivity index (χ0) is 10.7. The first kappa shape index (κ1) is 11.4. The van der Waals surface area contributed by atoms with Crippen molar-refractivity contribution in [3.63, 3.8) is 0 Å². The molecule has 80 valence electrons. The van der Waals surface area contributed by atoms with E-state index in [0.717, 1.165) is 18.8 Å². The van der Waals surface area contributed by atoms with Gasteiger partial charge >= 0.3 is 0 Å². The predicted molar refractivity (Wildman–Crippen MR) is 60.9 cm³/mol. The third kappa shape index (κ3) is 2.67. The van der Waals surface area contributed by atoms with Crippen molar-refractivity contribution in [2.75, 3.05) is 0 Å². The minimum Gasteiger partial charge on any atom is -0.393 e. The number of carbonyl (C=O) groups excluding carboxylic acids is 1. The summed E-state index contributed by atoms with van der Waals surface area (Å²) in [6.45, 7) is 4.11. The largest absolute Gasteiger partial charge is 0.393 e. The number of nitrogens with one attached hydrogen (secondary N) is 1. The van der Waals surface area contributed by atoms with Crippen molar-refractivity contribution in [1.29, 1.82) is 0 Å². The standard InChI is InChI=1S/C10H18N2OS/c1-3-8(9(11)14)10(13)12-7-4-6(2)5-7/h6-8H,3-5H2,1-2H3,(H2,11,14)(H,12,13). The highest BCUT2D eigenvalue weighted by Gasteiger charge is 2.29. The fraction of sp³-hybridized carbons (Fsp3) is 0.800. The number of thiocarbonyl (C=S) groups is 1. The molecule has 1 aliphatic carbocycles. The molecule has 0 heterocycles. The predicted octanol–water partition coefficient (Wildman–Crippen LogP) is 1.21. The minimum atomic E-state index is -0.291. The maximum absolute atomic E-state index is 11.6. The molecule has 0 aliphatic heterocycles. The van der Waals surface area contributed by atoms with E-state index in [1.54, 1.807) is 0 Å². The lowest BCUT2D eigenvalue weighted by atomic mass is 9.81. The van der Waals surface area contributed by atoms with Gasteiger partial charge in [0.2, 0.25) is 5.91 Å². The van der Waals surface area contributed by atoms with Gasteiger partial charge in [-0.05, 0) is 25.2 Å². The van der Waals surface area contributed by atoms with Gasteiger partial charge in [-0.3, -0.25) is 4.79 Å². The Labute approximate surface area is 90.4 Å². The van der Waals surface area contributed by atoms with Crippen LogP contribution in [0.1, 0.15) is 33.1 Å². The first-order chi connectivity index (χ1) is 6.54. The third-order valence-electron chi connectivity index (χ3n) is 2.79. The van der Waals surface area contributed by atoms with Crippen LogP contribution in [-0.4, -0.2) is 16.9 Å². The van der Waals surface area contributed by atoms with E-state index in [-0.39, 0.29) is 11.8 Å². The number of nitrogens with two attached hydrogens (primary N) is 1. The Morgan fingerprint density at radius 2 is 2.21 bits per heavy atom. The maximum Gasteiger partial charge on any atom is 0.230 e. The molecule has 0 radical (unpaired) electrons. The molecule has 0 saturated heterocycles. The summed E-state index contributed by atoms with van der Waals surface area (Å²) in [6, 6.07) is 0.348. The molecule has 1 atom stereocenters. The van der Waals surface area contributed by atoms with Crippen molar-refractivity contribution in [3.8, 4) is 0 Å². The molecule has 14 heavy (non-hydrogen) atoms. The van der Waals surface area contributed by atoms with Crippen molar-refractivity contribution < 1.29 is 4.79 Å². The van der Waals surface area contributed by atoms with Crippen LogP contribution in [0.2, 0.25) is 0 Å². The van der Waals surface area contributed by atoms with Gasteiger partial charge in [-0.2, -0.15) is 0 Å². The van der Waals surface area contributed by atoms with Crippen molar-refractivity contribution in [3.05, 3.63) is 0 Å². The highest BCUT2D eigenvalue weighted by atomic mass is 32.1. The lowest BCUT2D eigenvalue weighted by molar-refractivity contribution is -0.124. The smallest absolute Gasteiger partial charge is 0.230 e. The fourth-order valence-corrected chi connectivity index (χ4v) is 2.11. The molecule has 1 saturated carbocycles. The summed E-state index contributed by atoms with van der Waals surface area (Å²) in [7, 11) is 0. The van der Waals surface area contributed by atoms with E-state index in [1.807, 2.05) is 6.92 Å². The molecular weight excluding hydrogens is 196 g/mol.